The van der Waals surface area contributed by atoms with E-state index in [-0.39, 0.29) is 6.10 Å². The first kappa shape index (κ1) is 15.4. The van der Waals surface area contributed by atoms with Gasteiger partial charge in [0.15, 0.2) is 0 Å². The molecule has 0 aliphatic carbocycles. The molecule has 0 saturated heterocycles. The Kier molecular flexibility index (Phi) is 6.64. The lowest BCUT2D eigenvalue weighted by Gasteiger charge is -2.30. The zero-order chi connectivity index (χ0) is 12.8. The quantitative estimate of drug-likeness (QED) is 0.437. The van der Waals surface area contributed by atoms with Crippen LogP contribution < -0.4 is 0 Å². The molecule has 0 aromatic heterocycles. The topological polar surface area (TPSA) is 46.5 Å². The van der Waals surface area contributed by atoms with E-state index >= 15 is 0 Å². The van der Waals surface area contributed by atoms with Gasteiger partial charge in [0.05, 0.1) is 14.1 Å². The summed E-state index contributed by atoms with van der Waals surface area (Å²) in [5.41, 5.74) is 1.60. The average molecular weight is 251 g/mol. The Bertz CT molecular complexity index is 262. The maximum atomic E-state index is 11.3. The minimum Gasteiger partial charge on any atom is -0.456 e. The Balaban J connectivity index is 3.94. The highest BCUT2D eigenvalue weighted by molar-refractivity contribution is 6.27. The summed E-state index contributed by atoms with van der Waals surface area (Å²) >= 11 is 5.38. The number of likely N-dealkylation sites (N-methyl/N-ethyl adjacent to an activating group) is 1. The molecule has 0 rings (SSSR count). The van der Waals surface area contributed by atoms with Crippen LogP contribution in [0.2, 0.25) is 0 Å². The zero-order valence-electron chi connectivity index (χ0n) is 10.4. The van der Waals surface area contributed by atoms with Gasteiger partial charge < -0.3 is 14.3 Å². The van der Waals surface area contributed by atoms with Gasteiger partial charge in [-0.1, -0.05) is 11.6 Å². The van der Waals surface area contributed by atoms with Crippen LogP contribution in [-0.2, 0) is 9.53 Å². The number of hydrogen-bond acceptors (Lipinski definition) is 3. The van der Waals surface area contributed by atoms with Gasteiger partial charge in [-0.05, 0) is 13.8 Å². The lowest BCUT2D eigenvalue weighted by atomic mass is 10.3. The highest BCUT2D eigenvalue weighted by atomic mass is 35.5. The molecule has 0 saturated carbocycles. The van der Waals surface area contributed by atoms with Gasteiger partial charge in [-0.15, -0.1) is 0 Å². The van der Waals surface area contributed by atoms with Gasteiger partial charge in [0.1, 0.15) is 25.8 Å². The van der Waals surface area contributed by atoms with E-state index in [2.05, 4.69) is 0 Å². The summed E-state index contributed by atoms with van der Waals surface area (Å²) in [6.45, 7) is 4.95. The number of ether oxygens (including phenoxy) is 1. The summed E-state index contributed by atoms with van der Waals surface area (Å²) in [6, 6.07) is 0. The van der Waals surface area contributed by atoms with Crippen molar-refractivity contribution in [3.8, 4) is 0 Å². The molecule has 0 radical (unpaired) electrons. The first-order chi connectivity index (χ1) is 7.28. The molecule has 1 unspecified atom stereocenters. The summed E-state index contributed by atoms with van der Waals surface area (Å²) in [7, 11) is 3.95. The van der Waals surface area contributed by atoms with Crippen LogP contribution in [0, 0.1) is 0 Å². The van der Waals surface area contributed by atoms with Crippen LogP contribution in [0.3, 0.4) is 0 Å². The molecule has 0 aromatic carbocycles. The van der Waals surface area contributed by atoms with Crippen LogP contribution in [0.15, 0.2) is 11.1 Å². The third kappa shape index (κ3) is 6.82. The molecule has 0 spiro atoms. The lowest BCUT2D eigenvalue weighted by molar-refractivity contribution is -0.893. The van der Waals surface area contributed by atoms with E-state index in [1.807, 2.05) is 14.1 Å². The zero-order valence-corrected chi connectivity index (χ0v) is 11.1. The third-order valence-corrected chi connectivity index (χ3v) is 2.50. The van der Waals surface area contributed by atoms with Crippen LogP contribution in [0.1, 0.15) is 13.8 Å². The van der Waals surface area contributed by atoms with Crippen molar-refractivity contribution in [2.45, 2.75) is 20.0 Å². The predicted molar refractivity (Wildman–Crippen MR) is 64.1 cm³/mol. The Morgan fingerprint density at radius 1 is 1.56 bits per heavy atom. The number of esters is 1. The molecule has 16 heavy (non-hydrogen) atoms. The molecule has 5 heteroatoms. The molecular formula is C11H21ClNO3+. The van der Waals surface area contributed by atoms with Gasteiger partial charge in [-0.3, -0.25) is 0 Å². The summed E-state index contributed by atoms with van der Waals surface area (Å²) in [4.78, 5) is 11.3. The number of hydrogen-bond donors (Lipinski definition) is 1. The molecule has 1 N–H and O–H groups in total. The van der Waals surface area contributed by atoms with Crippen molar-refractivity contribution < 1.29 is 19.1 Å². The predicted octanol–water partition coefficient (Wildman–Crippen LogP) is 1.13. The van der Waals surface area contributed by atoms with E-state index in [1.165, 1.54) is 5.54 Å². The molecule has 94 valence electrons. The largest absolute Gasteiger partial charge is 0.456 e. The monoisotopic (exact) mass is 250 g/mol. The van der Waals surface area contributed by atoms with Crippen molar-refractivity contribution in [3.63, 3.8) is 0 Å². The molecular weight excluding hydrogens is 230 g/mol. The van der Waals surface area contributed by atoms with Crippen LogP contribution >= 0.6 is 11.6 Å². The molecule has 0 aliphatic rings. The van der Waals surface area contributed by atoms with E-state index in [9.17, 15) is 9.90 Å². The van der Waals surface area contributed by atoms with Crippen LogP contribution in [0.5, 0.6) is 0 Å². The fraction of sp³-hybridized carbons (Fsp3) is 0.727. The number of carbonyl (C=O) groups excluding carboxylic acids is 1. The Morgan fingerprint density at radius 3 is 2.56 bits per heavy atom. The number of halogens is 1. The van der Waals surface area contributed by atoms with E-state index in [0.29, 0.717) is 29.8 Å². The number of carbonyl (C=O) groups is 1. The number of aliphatic hydroxyl groups excluding tert-OH is 1. The third-order valence-electron chi connectivity index (χ3n) is 2.17. The van der Waals surface area contributed by atoms with Gasteiger partial charge in [0, 0.05) is 11.1 Å². The molecule has 0 amide bonds. The highest BCUT2D eigenvalue weighted by Gasteiger charge is 2.18. The number of rotatable bonds is 6. The van der Waals surface area contributed by atoms with Crippen molar-refractivity contribution in [3.05, 3.63) is 11.1 Å². The van der Waals surface area contributed by atoms with Crippen molar-refractivity contribution >= 4 is 17.6 Å². The first-order valence-corrected chi connectivity index (χ1v) is 5.66. The van der Waals surface area contributed by atoms with Gasteiger partial charge in [-0.25, -0.2) is 4.79 Å². The first-order valence-electron chi connectivity index (χ1n) is 5.22. The van der Waals surface area contributed by atoms with E-state index in [4.69, 9.17) is 16.3 Å². The summed E-state index contributed by atoms with van der Waals surface area (Å²) < 4.78 is 5.63. The number of aliphatic hydroxyl groups is 1. The SMILES string of the molecule is CC(=CCl)C(=O)OCC[N+](C)(C)CC(C)O. The van der Waals surface area contributed by atoms with Crippen molar-refractivity contribution in [2.75, 3.05) is 33.8 Å². The Morgan fingerprint density at radius 2 is 2.12 bits per heavy atom. The standard InChI is InChI=1S/C11H21ClNO3/c1-9(7-12)11(15)16-6-5-13(3,4)8-10(2)14/h7,10,14H,5-6,8H2,1-4H3/q+1. The van der Waals surface area contributed by atoms with Crippen LogP contribution in [-0.4, -0.2) is 55.5 Å². The molecule has 1 atom stereocenters. The summed E-state index contributed by atoms with van der Waals surface area (Å²) in [5.74, 6) is -0.396. The molecule has 0 aromatic rings. The van der Waals surface area contributed by atoms with E-state index in [0.717, 1.165) is 0 Å². The van der Waals surface area contributed by atoms with Gasteiger partial charge >= 0.3 is 5.97 Å². The fourth-order valence-corrected chi connectivity index (χ4v) is 1.44. The van der Waals surface area contributed by atoms with Gasteiger partial charge in [-0.2, -0.15) is 0 Å². The maximum Gasteiger partial charge on any atom is 0.334 e. The molecule has 4 nitrogen and oxygen atoms in total. The van der Waals surface area contributed by atoms with Crippen LogP contribution in [0.25, 0.3) is 0 Å². The van der Waals surface area contributed by atoms with Crippen molar-refractivity contribution in [1.82, 2.24) is 0 Å². The average Bonchev–Trinajstić information content (AvgIpc) is 2.13. The fourth-order valence-electron chi connectivity index (χ4n) is 1.35. The molecule has 0 bridgehead atoms. The molecule has 0 aliphatic heterocycles. The Labute approximate surface area is 102 Å². The summed E-state index contributed by atoms with van der Waals surface area (Å²) in [5, 5.41) is 9.27. The van der Waals surface area contributed by atoms with E-state index < -0.39 is 5.97 Å². The second-order valence-corrected chi connectivity index (χ2v) is 4.84. The summed E-state index contributed by atoms with van der Waals surface area (Å²) in [6.07, 6.45) is -0.366. The van der Waals surface area contributed by atoms with Gasteiger partial charge in [0.2, 0.25) is 0 Å². The minimum absolute atomic E-state index is 0.320. The second-order valence-electron chi connectivity index (χ2n) is 4.62. The van der Waals surface area contributed by atoms with Crippen molar-refractivity contribution in [1.29, 1.82) is 0 Å². The minimum atomic E-state index is -0.396. The lowest BCUT2D eigenvalue weighted by Crippen LogP contribution is -2.46. The number of quaternary nitrogens is 1. The molecule has 0 fully saturated rings. The molecule has 0 heterocycles. The maximum absolute atomic E-state index is 11.3. The van der Waals surface area contributed by atoms with Gasteiger partial charge in [0.25, 0.3) is 0 Å². The second kappa shape index (κ2) is 6.89. The van der Waals surface area contributed by atoms with E-state index in [1.54, 1.807) is 13.8 Å². The van der Waals surface area contributed by atoms with Crippen molar-refractivity contribution in [2.24, 2.45) is 0 Å². The highest BCUT2D eigenvalue weighted by Crippen LogP contribution is 2.02. The Hall–Kier alpha value is -0.580. The number of nitrogens with zero attached hydrogens (tertiary/aromatic N) is 1. The smallest absolute Gasteiger partial charge is 0.334 e. The normalized spacial score (nSPS) is 14.8. The van der Waals surface area contributed by atoms with Crippen LogP contribution in [0.4, 0.5) is 0 Å².